The zero-order valence-corrected chi connectivity index (χ0v) is 30.4. The summed E-state index contributed by atoms with van der Waals surface area (Å²) < 4.78 is 0. The van der Waals surface area contributed by atoms with Gasteiger partial charge in [0.25, 0.3) is 0 Å². The van der Waals surface area contributed by atoms with Crippen LogP contribution in [0.25, 0.3) is 48.4 Å². The van der Waals surface area contributed by atoms with Crippen LogP contribution >= 0.6 is 24.8 Å². The third kappa shape index (κ3) is 8.38. The molecule has 0 heterocycles. The largest absolute Gasteiger partial charge is 0.189 e. The maximum atomic E-state index is 4.59. The fraction of sp³-hybridized carbons (Fsp3) is 0.200. The molecule has 0 unspecified atom stereocenters. The van der Waals surface area contributed by atoms with Crippen molar-refractivity contribution in [2.45, 2.75) is 52.6 Å². The summed E-state index contributed by atoms with van der Waals surface area (Å²) in [6.45, 7) is 8.39. The van der Waals surface area contributed by atoms with E-state index in [0.717, 1.165) is 36.8 Å². The quantitative estimate of drug-likeness (QED) is 0.0968. The van der Waals surface area contributed by atoms with E-state index in [0.29, 0.717) is 12.1 Å². The molecule has 0 spiro atoms. The zero-order valence-electron chi connectivity index (χ0n) is 26.3. The molecule has 45 heavy (non-hydrogen) atoms. The zero-order chi connectivity index (χ0) is 30.3. The van der Waals surface area contributed by atoms with Crippen molar-refractivity contribution < 1.29 is 24.0 Å². The first-order valence-electron chi connectivity index (χ1n) is 15.0. The molecule has 6 aromatic rings. The molecule has 0 saturated heterocycles. The number of allylic oxidation sites excluding steroid dienone is 2. The fourth-order valence-corrected chi connectivity index (χ4v) is 6.16. The van der Waals surface area contributed by atoms with Gasteiger partial charge >= 0.3 is 28.9 Å². The molecular formula is C40H38BCl2NZr-3. The topological polar surface area (TPSA) is 14.1 Å². The van der Waals surface area contributed by atoms with Crippen LogP contribution in [0.1, 0.15) is 49.9 Å². The van der Waals surface area contributed by atoms with E-state index in [9.17, 15) is 0 Å². The van der Waals surface area contributed by atoms with Gasteiger partial charge in [0.15, 0.2) is 0 Å². The van der Waals surface area contributed by atoms with Crippen LogP contribution in [-0.4, -0.2) is 17.0 Å². The second-order valence-corrected chi connectivity index (χ2v) is 11.4. The van der Waals surface area contributed by atoms with E-state index in [4.69, 9.17) is 0 Å². The van der Waals surface area contributed by atoms with Gasteiger partial charge in [-0.3, -0.25) is 0 Å². The van der Waals surface area contributed by atoms with Crippen molar-refractivity contribution in [1.82, 2.24) is 0 Å². The van der Waals surface area contributed by atoms with Gasteiger partial charge in [0.1, 0.15) is 0 Å². The van der Waals surface area contributed by atoms with Crippen LogP contribution < -0.4 is 0 Å². The Morgan fingerprint density at radius 1 is 0.533 bits per heavy atom. The monoisotopic (exact) mass is 703 g/mol. The standard InChI is InChI=1S/2C17H11.C6H14N.B.2ClH.Zr/c2*1-2-6-15-12(4-1)8-10-14-11-9-13-5-3-7-16(13)17(14)15;1-5(2)7-6(3)4;;;;/h2*1-4,6,8-11H,7H2;5-6H,1-4H3;;2*1H;/q3*-1;;;;. The van der Waals surface area contributed by atoms with Crippen LogP contribution in [0, 0.1) is 12.2 Å². The second-order valence-electron chi connectivity index (χ2n) is 11.4. The van der Waals surface area contributed by atoms with Crippen LogP contribution in [0.5, 0.6) is 0 Å². The van der Waals surface area contributed by atoms with Gasteiger partial charge in [-0.05, 0) is 32.3 Å². The third-order valence-electron chi connectivity index (χ3n) is 7.76. The Labute approximate surface area is 296 Å². The van der Waals surface area contributed by atoms with Gasteiger partial charge in [-0.15, -0.1) is 60.2 Å². The first kappa shape index (κ1) is 36.8. The molecule has 8 rings (SSSR count). The number of nitrogens with zero attached hydrogens (tertiary/aromatic N) is 1. The maximum Gasteiger partial charge on any atom is -0.0188 e. The van der Waals surface area contributed by atoms with Crippen molar-refractivity contribution >= 4 is 72.8 Å². The molecule has 0 amide bonds. The smallest absolute Gasteiger partial charge is 0.0188 e. The Kier molecular flexibility index (Phi) is 14.1. The van der Waals surface area contributed by atoms with Crippen LogP contribution in [0.15, 0.2) is 109 Å². The van der Waals surface area contributed by atoms with Crippen LogP contribution in [-0.2, 0) is 36.8 Å². The normalized spacial score (nSPS) is 11.9. The molecule has 0 aliphatic heterocycles. The summed E-state index contributed by atoms with van der Waals surface area (Å²) in [6.07, 6.45) is 13.0. The van der Waals surface area contributed by atoms with Gasteiger partial charge in [-0.1, -0.05) is 124 Å². The summed E-state index contributed by atoms with van der Waals surface area (Å²) >= 11 is 1.05. The Morgan fingerprint density at radius 3 is 1.27 bits per heavy atom. The summed E-state index contributed by atoms with van der Waals surface area (Å²) in [6, 6.07) is 35.8. The van der Waals surface area contributed by atoms with Gasteiger partial charge in [0.2, 0.25) is 0 Å². The van der Waals surface area contributed by atoms with Crippen molar-refractivity contribution in [2.24, 2.45) is 0 Å². The number of hydrogen-bond donors (Lipinski definition) is 0. The molecule has 0 N–H and O–H groups in total. The fourth-order valence-electron chi connectivity index (χ4n) is 6.16. The van der Waals surface area contributed by atoms with E-state index < -0.39 is 0 Å². The number of hydrogen-bond acceptors (Lipinski definition) is 0. The average molecular weight is 706 g/mol. The number of rotatable bonds is 2. The molecular weight excluding hydrogens is 667 g/mol. The molecule has 2 aliphatic carbocycles. The minimum absolute atomic E-state index is 0. The van der Waals surface area contributed by atoms with Gasteiger partial charge in [0, 0.05) is 0 Å². The van der Waals surface area contributed by atoms with Crippen LogP contribution in [0.3, 0.4) is 0 Å². The van der Waals surface area contributed by atoms with E-state index in [2.05, 4.69) is 159 Å². The van der Waals surface area contributed by atoms with E-state index in [1.807, 2.05) is 0 Å². The number of halogens is 2. The number of benzene rings is 6. The average Bonchev–Trinajstić information content (AvgIpc) is 3.71. The van der Waals surface area contributed by atoms with Crippen molar-refractivity contribution in [3.8, 4) is 0 Å². The molecule has 6 aromatic carbocycles. The van der Waals surface area contributed by atoms with Gasteiger partial charge in [0.05, 0.1) is 0 Å². The van der Waals surface area contributed by atoms with Crippen molar-refractivity contribution in [3.05, 3.63) is 149 Å². The first-order chi connectivity index (χ1) is 21.0. The summed E-state index contributed by atoms with van der Waals surface area (Å²) in [7, 11) is 0. The van der Waals surface area contributed by atoms with Crippen molar-refractivity contribution in [1.29, 1.82) is 0 Å². The van der Waals surface area contributed by atoms with E-state index in [-0.39, 0.29) is 24.8 Å². The molecule has 2 aliphatic rings. The van der Waals surface area contributed by atoms with Crippen LogP contribution in [0.2, 0.25) is 0 Å². The Balaban J connectivity index is 0.000000189. The summed E-state index contributed by atoms with van der Waals surface area (Å²) in [5.74, 6) is 0. The summed E-state index contributed by atoms with van der Waals surface area (Å²) in [4.78, 5) is 4.59. The molecule has 5 heteroatoms. The summed E-state index contributed by atoms with van der Waals surface area (Å²) in [5, 5.41) is 15.1. The summed E-state index contributed by atoms with van der Waals surface area (Å²) in [5.41, 5.74) is 5.38. The molecule has 0 saturated carbocycles. The van der Waals surface area contributed by atoms with Crippen LogP contribution in [0.4, 0.5) is 0 Å². The molecule has 1 nitrogen and oxygen atoms in total. The van der Waals surface area contributed by atoms with Gasteiger partial charge in [-0.2, -0.15) is 47.6 Å². The van der Waals surface area contributed by atoms with Crippen molar-refractivity contribution in [2.75, 3.05) is 0 Å². The number of fused-ring (bicyclic) bond motifs is 10. The molecule has 0 atom stereocenters. The maximum absolute atomic E-state index is 4.59. The van der Waals surface area contributed by atoms with Crippen molar-refractivity contribution in [3.63, 3.8) is 0 Å². The van der Waals surface area contributed by atoms with Gasteiger partial charge in [-0.25, -0.2) is 0 Å². The second kappa shape index (κ2) is 17.3. The predicted molar refractivity (Wildman–Crippen MR) is 198 cm³/mol. The minimum atomic E-state index is 0. The molecule has 0 aromatic heterocycles. The van der Waals surface area contributed by atoms with E-state index in [1.54, 1.807) is 0 Å². The predicted octanol–water partition coefficient (Wildman–Crippen LogP) is 11.2. The molecule has 1 radical (unpaired) electrons. The minimum Gasteiger partial charge on any atom is -0.189 e. The third-order valence-corrected chi connectivity index (χ3v) is 7.76. The SMILES string of the molecule is CC(C)[N-]C(C)C.Cl.Cl.[B]=[Zr].[C-]1=CCc2c1ccc1ccc3ccccc3c21.[C-]1=CCc2c1ccc1ccc3ccccc3c21. The van der Waals surface area contributed by atoms with E-state index in [1.165, 1.54) is 65.3 Å². The Hall–Kier alpha value is -2.67. The van der Waals surface area contributed by atoms with E-state index >= 15 is 0 Å². The van der Waals surface area contributed by atoms with Gasteiger partial charge < -0.3 is 5.32 Å². The molecule has 0 bridgehead atoms. The molecule has 0 fully saturated rings. The Bertz CT molecular complexity index is 1820. The molecule has 227 valence electrons. The Morgan fingerprint density at radius 2 is 0.889 bits per heavy atom. The first-order valence-corrected chi connectivity index (χ1v) is 16.4.